The Morgan fingerprint density at radius 3 is 2.44 bits per heavy atom. The minimum Gasteiger partial charge on any atom is -0.493 e. The van der Waals surface area contributed by atoms with Crippen molar-refractivity contribution in [2.75, 3.05) is 21.3 Å². The molecule has 0 radical (unpaired) electrons. The Labute approximate surface area is 108 Å². The van der Waals surface area contributed by atoms with Gasteiger partial charge in [-0.2, -0.15) is 0 Å². The Kier molecular flexibility index (Phi) is 3.97. The molecule has 1 heterocycles. The Bertz CT molecular complexity index is 432. The molecule has 1 atom stereocenters. The van der Waals surface area contributed by atoms with Gasteiger partial charge in [-0.25, -0.2) is 0 Å². The number of hydrogen-bond acceptors (Lipinski definition) is 4. The number of ether oxygens (including phenoxy) is 3. The molecule has 4 heteroatoms. The molecule has 0 spiro atoms. The Morgan fingerprint density at radius 1 is 1.17 bits per heavy atom. The van der Waals surface area contributed by atoms with Gasteiger partial charge < -0.3 is 19.5 Å². The second kappa shape index (κ2) is 5.48. The lowest BCUT2D eigenvalue weighted by Gasteiger charge is -2.28. The molecule has 1 unspecified atom stereocenters. The summed E-state index contributed by atoms with van der Waals surface area (Å²) in [5.41, 5.74) is 2.47. The van der Waals surface area contributed by atoms with Crippen LogP contribution in [0.15, 0.2) is 6.07 Å². The van der Waals surface area contributed by atoms with Crippen molar-refractivity contribution in [1.29, 1.82) is 0 Å². The van der Waals surface area contributed by atoms with E-state index in [1.807, 2.05) is 0 Å². The van der Waals surface area contributed by atoms with Gasteiger partial charge in [0.15, 0.2) is 11.5 Å². The molecule has 0 amide bonds. The topological polar surface area (TPSA) is 39.7 Å². The van der Waals surface area contributed by atoms with Crippen LogP contribution in [0.1, 0.15) is 24.5 Å². The molecule has 0 saturated heterocycles. The first kappa shape index (κ1) is 13.0. The van der Waals surface area contributed by atoms with Crippen molar-refractivity contribution in [1.82, 2.24) is 5.32 Å². The highest BCUT2D eigenvalue weighted by molar-refractivity contribution is 5.59. The van der Waals surface area contributed by atoms with E-state index >= 15 is 0 Å². The number of rotatable bonds is 4. The summed E-state index contributed by atoms with van der Waals surface area (Å²) in [5, 5.41) is 3.51. The summed E-state index contributed by atoms with van der Waals surface area (Å²) in [5.74, 6) is 2.20. The summed E-state index contributed by atoms with van der Waals surface area (Å²) in [6.07, 6.45) is 2.12. The van der Waals surface area contributed by atoms with Gasteiger partial charge in [0, 0.05) is 18.2 Å². The van der Waals surface area contributed by atoms with Gasteiger partial charge in [0.25, 0.3) is 0 Å². The maximum Gasteiger partial charge on any atom is 0.203 e. The van der Waals surface area contributed by atoms with Crippen LogP contribution in [0.3, 0.4) is 0 Å². The fourth-order valence-electron chi connectivity index (χ4n) is 2.52. The van der Waals surface area contributed by atoms with E-state index < -0.39 is 0 Å². The summed E-state index contributed by atoms with van der Waals surface area (Å²) >= 11 is 0. The van der Waals surface area contributed by atoms with Crippen LogP contribution in [0.5, 0.6) is 17.2 Å². The highest BCUT2D eigenvalue weighted by Crippen LogP contribution is 2.43. The van der Waals surface area contributed by atoms with Crippen molar-refractivity contribution in [2.24, 2.45) is 0 Å². The zero-order valence-electron chi connectivity index (χ0n) is 11.5. The SMILES string of the molecule is CCC1Cc2cc(OC)c(OC)c(OC)c2CN1. The maximum absolute atomic E-state index is 5.50. The third-order valence-electron chi connectivity index (χ3n) is 3.55. The quantitative estimate of drug-likeness (QED) is 0.890. The van der Waals surface area contributed by atoms with Crippen LogP contribution >= 0.6 is 0 Å². The van der Waals surface area contributed by atoms with E-state index in [4.69, 9.17) is 14.2 Å². The number of nitrogens with one attached hydrogen (secondary N) is 1. The lowest BCUT2D eigenvalue weighted by Crippen LogP contribution is -2.35. The first-order valence-electron chi connectivity index (χ1n) is 6.29. The minimum absolute atomic E-state index is 0.528. The van der Waals surface area contributed by atoms with E-state index in [0.29, 0.717) is 11.8 Å². The molecule has 4 nitrogen and oxygen atoms in total. The van der Waals surface area contributed by atoms with E-state index in [1.54, 1.807) is 21.3 Å². The molecule has 0 aliphatic carbocycles. The minimum atomic E-state index is 0.528. The standard InChI is InChI=1S/C14H21NO3/c1-5-10-6-9-7-12(16-2)14(18-4)13(17-3)11(9)8-15-10/h7,10,15H,5-6,8H2,1-4H3. The predicted molar refractivity (Wildman–Crippen MR) is 70.7 cm³/mol. The van der Waals surface area contributed by atoms with Gasteiger partial charge in [-0.1, -0.05) is 6.92 Å². The zero-order chi connectivity index (χ0) is 13.1. The Hall–Kier alpha value is -1.42. The van der Waals surface area contributed by atoms with Gasteiger partial charge in [0.2, 0.25) is 5.75 Å². The van der Waals surface area contributed by atoms with Gasteiger partial charge in [0.05, 0.1) is 21.3 Å². The summed E-state index contributed by atoms with van der Waals surface area (Å²) in [7, 11) is 4.96. The first-order chi connectivity index (χ1) is 8.74. The van der Waals surface area contributed by atoms with E-state index in [0.717, 1.165) is 30.9 Å². The van der Waals surface area contributed by atoms with E-state index in [-0.39, 0.29) is 0 Å². The average molecular weight is 251 g/mol. The summed E-state index contributed by atoms with van der Waals surface area (Å²) < 4.78 is 16.3. The molecule has 1 N–H and O–H groups in total. The molecule has 0 aromatic heterocycles. The normalized spacial score (nSPS) is 18.1. The van der Waals surface area contributed by atoms with Crippen molar-refractivity contribution in [3.05, 3.63) is 17.2 Å². The van der Waals surface area contributed by atoms with Crippen LogP contribution in [0.25, 0.3) is 0 Å². The molecule has 18 heavy (non-hydrogen) atoms. The summed E-state index contributed by atoms with van der Waals surface area (Å²) in [4.78, 5) is 0. The van der Waals surface area contributed by atoms with Crippen LogP contribution in [0.2, 0.25) is 0 Å². The monoisotopic (exact) mass is 251 g/mol. The van der Waals surface area contributed by atoms with E-state index in [2.05, 4.69) is 18.3 Å². The van der Waals surface area contributed by atoms with Crippen molar-refractivity contribution in [2.45, 2.75) is 32.4 Å². The highest BCUT2D eigenvalue weighted by atomic mass is 16.5. The maximum atomic E-state index is 5.50. The largest absolute Gasteiger partial charge is 0.493 e. The van der Waals surface area contributed by atoms with E-state index in [1.165, 1.54) is 11.1 Å². The van der Waals surface area contributed by atoms with Crippen LogP contribution < -0.4 is 19.5 Å². The number of fused-ring (bicyclic) bond motifs is 1. The van der Waals surface area contributed by atoms with Crippen LogP contribution in [-0.4, -0.2) is 27.4 Å². The molecule has 0 bridgehead atoms. The third-order valence-corrected chi connectivity index (χ3v) is 3.55. The Balaban J connectivity index is 2.50. The highest BCUT2D eigenvalue weighted by Gasteiger charge is 2.25. The zero-order valence-corrected chi connectivity index (χ0v) is 11.5. The molecule has 1 aromatic rings. The molecule has 2 rings (SSSR count). The van der Waals surface area contributed by atoms with Crippen molar-refractivity contribution in [3.8, 4) is 17.2 Å². The number of hydrogen-bond donors (Lipinski definition) is 1. The molecule has 0 saturated carbocycles. The second-order valence-corrected chi connectivity index (χ2v) is 4.47. The van der Waals surface area contributed by atoms with Crippen LogP contribution in [0.4, 0.5) is 0 Å². The van der Waals surface area contributed by atoms with Gasteiger partial charge >= 0.3 is 0 Å². The first-order valence-corrected chi connectivity index (χ1v) is 6.29. The summed E-state index contributed by atoms with van der Waals surface area (Å²) in [6.45, 7) is 3.01. The molecule has 1 aliphatic heterocycles. The van der Waals surface area contributed by atoms with Gasteiger partial charge in [0.1, 0.15) is 0 Å². The smallest absolute Gasteiger partial charge is 0.203 e. The van der Waals surface area contributed by atoms with Crippen molar-refractivity contribution < 1.29 is 14.2 Å². The molecular formula is C14H21NO3. The fraction of sp³-hybridized carbons (Fsp3) is 0.571. The van der Waals surface area contributed by atoms with Gasteiger partial charge in [-0.15, -0.1) is 0 Å². The van der Waals surface area contributed by atoms with Gasteiger partial charge in [-0.05, 0) is 24.5 Å². The van der Waals surface area contributed by atoms with Crippen LogP contribution in [-0.2, 0) is 13.0 Å². The summed E-state index contributed by atoms with van der Waals surface area (Å²) in [6, 6.07) is 2.60. The lowest BCUT2D eigenvalue weighted by molar-refractivity contribution is 0.317. The Morgan fingerprint density at radius 2 is 1.89 bits per heavy atom. The third kappa shape index (κ3) is 2.12. The number of methoxy groups -OCH3 is 3. The second-order valence-electron chi connectivity index (χ2n) is 4.47. The predicted octanol–water partition coefficient (Wildman–Crippen LogP) is 2.14. The van der Waals surface area contributed by atoms with Crippen molar-refractivity contribution >= 4 is 0 Å². The van der Waals surface area contributed by atoms with E-state index in [9.17, 15) is 0 Å². The molecule has 1 aliphatic rings. The lowest BCUT2D eigenvalue weighted by atomic mass is 9.93. The fourth-order valence-corrected chi connectivity index (χ4v) is 2.52. The molecule has 1 aromatic carbocycles. The van der Waals surface area contributed by atoms with Crippen LogP contribution in [0, 0.1) is 0 Å². The average Bonchev–Trinajstić information content (AvgIpc) is 2.44. The molecule has 0 fully saturated rings. The van der Waals surface area contributed by atoms with Crippen molar-refractivity contribution in [3.63, 3.8) is 0 Å². The van der Waals surface area contributed by atoms with Gasteiger partial charge in [-0.3, -0.25) is 0 Å². The molecular weight excluding hydrogens is 230 g/mol. The number of benzene rings is 1. The molecule has 100 valence electrons.